The highest BCUT2D eigenvalue weighted by molar-refractivity contribution is 7.99. The molecule has 0 radical (unpaired) electrons. The molecule has 2 unspecified atom stereocenters. The van der Waals surface area contributed by atoms with Gasteiger partial charge in [-0.05, 0) is 37.0 Å². The lowest BCUT2D eigenvalue weighted by atomic mass is 10.0. The molecule has 1 aliphatic heterocycles. The van der Waals surface area contributed by atoms with Gasteiger partial charge in [0.15, 0.2) is 0 Å². The molecular weight excluding hydrogens is 202 g/mol. The highest BCUT2D eigenvalue weighted by Gasteiger charge is 2.26. The molecule has 2 heteroatoms. The Balaban J connectivity index is 2.23. The van der Waals surface area contributed by atoms with Gasteiger partial charge in [-0.2, -0.15) is 0 Å². The van der Waals surface area contributed by atoms with Crippen LogP contribution in [0, 0.1) is 13.8 Å². The van der Waals surface area contributed by atoms with Gasteiger partial charge in [0.1, 0.15) is 0 Å². The highest BCUT2D eigenvalue weighted by Crippen LogP contribution is 2.36. The highest BCUT2D eigenvalue weighted by atomic mass is 32.2. The predicted molar refractivity (Wildman–Crippen MR) is 68.3 cm³/mol. The Hall–Kier alpha value is -0.470. The van der Waals surface area contributed by atoms with Crippen molar-refractivity contribution in [3.05, 3.63) is 34.9 Å². The molecular formula is C13H19NS. The largest absolute Gasteiger partial charge is 0.298 e. The lowest BCUT2D eigenvalue weighted by Gasteiger charge is -2.17. The summed E-state index contributed by atoms with van der Waals surface area (Å²) in [5, 5.41) is 4.21. The molecule has 1 saturated heterocycles. The van der Waals surface area contributed by atoms with Gasteiger partial charge in [-0.1, -0.05) is 25.1 Å². The molecule has 15 heavy (non-hydrogen) atoms. The van der Waals surface area contributed by atoms with Gasteiger partial charge in [-0.3, -0.25) is 5.32 Å². The summed E-state index contributed by atoms with van der Waals surface area (Å²) in [6.07, 6.45) is 1.23. The zero-order valence-corrected chi connectivity index (χ0v) is 10.5. The number of hydrogen-bond acceptors (Lipinski definition) is 2. The van der Waals surface area contributed by atoms with Crippen molar-refractivity contribution in [2.45, 2.75) is 38.6 Å². The third kappa shape index (κ3) is 2.21. The summed E-state index contributed by atoms with van der Waals surface area (Å²) >= 11 is 2.05. The van der Waals surface area contributed by atoms with E-state index in [0.717, 1.165) is 0 Å². The molecule has 1 aliphatic rings. The molecule has 1 N–H and O–H groups in total. The van der Waals surface area contributed by atoms with Crippen LogP contribution in [0.15, 0.2) is 18.2 Å². The Labute approximate surface area is 96.7 Å². The Morgan fingerprint density at radius 2 is 2.00 bits per heavy atom. The van der Waals surface area contributed by atoms with Gasteiger partial charge in [-0.25, -0.2) is 0 Å². The van der Waals surface area contributed by atoms with Crippen molar-refractivity contribution in [2.75, 3.05) is 5.75 Å². The molecule has 0 aromatic heterocycles. The molecule has 0 bridgehead atoms. The molecule has 2 atom stereocenters. The maximum atomic E-state index is 3.70. The summed E-state index contributed by atoms with van der Waals surface area (Å²) in [7, 11) is 0. The van der Waals surface area contributed by atoms with Gasteiger partial charge < -0.3 is 0 Å². The maximum absolute atomic E-state index is 3.70. The zero-order valence-electron chi connectivity index (χ0n) is 9.71. The Kier molecular flexibility index (Phi) is 3.37. The van der Waals surface area contributed by atoms with Crippen LogP contribution in [0.5, 0.6) is 0 Å². The number of benzene rings is 1. The summed E-state index contributed by atoms with van der Waals surface area (Å²) < 4.78 is 0. The molecule has 0 spiro atoms. The molecule has 0 amide bonds. The summed E-state index contributed by atoms with van der Waals surface area (Å²) in [4.78, 5) is 0. The van der Waals surface area contributed by atoms with Crippen molar-refractivity contribution >= 4 is 11.8 Å². The third-order valence-electron chi connectivity index (χ3n) is 3.15. The van der Waals surface area contributed by atoms with Crippen LogP contribution in [0.1, 0.15) is 35.4 Å². The second kappa shape index (κ2) is 4.58. The number of nitrogens with one attached hydrogen (secondary N) is 1. The molecule has 1 nitrogen and oxygen atoms in total. The van der Waals surface area contributed by atoms with Crippen LogP contribution in [0.25, 0.3) is 0 Å². The first kappa shape index (κ1) is 11.0. The van der Waals surface area contributed by atoms with Crippen LogP contribution >= 0.6 is 11.8 Å². The summed E-state index contributed by atoms with van der Waals surface area (Å²) in [5.41, 5.74) is 4.33. The van der Waals surface area contributed by atoms with Crippen LogP contribution in [-0.4, -0.2) is 11.8 Å². The van der Waals surface area contributed by atoms with Crippen LogP contribution in [0.4, 0.5) is 0 Å². The van der Waals surface area contributed by atoms with E-state index in [2.05, 4.69) is 44.3 Å². The normalized spacial score (nSPS) is 25.8. The number of rotatable bonds is 2. The SMILES string of the molecule is CCC1CSC(c2c(C)cccc2C)N1. The Morgan fingerprint density at radius 3 is 2.53 bits per heavy atom. The van der Waals surface area contributed by atoms with Gasteiger partial charge in [0.2, 0.25) is 0 Å². The molecule has 0 saturated carbocycles. The average Bonchev–Trinajstić information content (AvgIpc) is 2.66. The third-order valence-corrected chi connectivity index (χ3v) is 4.45. The molecule has 1 fully saturated rings. The van der Waals surface area contributed by atoms with Gasteiger partial charge in [0.05, 0.1) is 5.37 Å². The van der Waals surface area contributed by atoms with Crippen molar-refractivity contribution in [1.82, 2.24) is 5.32 Å². The van der Waals surface area contributed by atoms with E-state index in [1.807, 2.05) is 11.8 Å². The standard InChI is InChI=1S/C13H19NS/c1-4-11-8-15-13(14-11)12-9(2)6-5-7-10(12)3/h5-7,11,13-14H,4,8H2,1-3H3. The summed E-state index contributed by atoms with van der Waals surface area (Å²) in [5.74, 6) is 1.24. The Bertz CT molecular complexity index is 328. The smallest absolute Gasteiger partial charge is 0.0797 e. The molecule has 0 aliphatic carbocycles. The number of thioether (sulfide) groups is 1. The predicted octanol–water partition coefficient (Wildman–Crippen LogP) is 3.42. The van der Waals surface area contributed by atoms with Crippen LogP contribution < -0.4 is 5.32 Å². The minimum absolute atomic E-state index is 0.510. The molecule has 1 heterocycles. The maximum Gasteiger partial charge on any atom is 0.0797 e. The van der Waals surface area contributed by atoms with Gasteiger partial charge in [0, 0.05) is 11.8 Å². The number of aryl methyl sites for hydroxylation is 2. The quantitative estimate of drug-likeness (QED) is 0.821. The first-order chi connectivity index (χ1) is 7.22. The molecule has 1 aromatic carbocycles. The summed E-state index contributed by atoms with van der Waals surface area (Å²) in [6, 6.07) is 7.26. The van der Waals surface area contributed by atoms with Gasteiger partial charge in [0.25, 0.3) is 0 Å². The van der Waals surface area contributed by atoms with E-state index < -0.39 is 0 Å². The fraction of sp³-hybridized carbons (Fsp3) is 0.538. The fourth-order valence-electron chi connectivity index (χ4n) is 2.17. The first-order valence-corrected chi connectivity index (χ1v) is 6.71. The molecule has 1 aromatic rings. The lowest BCUT2D eigenvalue weighted by Crippen LogP contribution is -2.25. The number of hydrogen-bond donors (Lipinski definition) is 1. The van der Waals surface area contributed by atoms with E-state index in [9.17, 15) is 0 Å². The zero-order chi connectivity index (χ0) is 10.8. The summed E-state index contributed by atoms with van der Waals surface area (Å²) in [6.45, 7) is 6.68. The monoisotopic (exact) mass is 221 g/mol. The van der Waals surface area contributed by atoms with E-state index in [1.165, 1.54) is 28.9 Å². The molecule has 2 rings (SSSR count). The van der Waals surface area contributed by atoms with Crippen LogP contribution in [0.3, 0.4) is 0 Å². The van der Waals surface area contributed by atoms with E-state index >= 15 is 0 Å². The van der Waals surface area contributed by atoms with Crippen molar-refractivity contribution in [3.63, 3.8) is 0 Å². The van der Waals surface area contributed by atoms with Gasteiger partial charge in [-0.15, -0.1) is 11.8 Å². The van der Waals surface area contributed by atoms with E-state index in [4.69, 9.17) is 0 Å². The van der Waals surface area contributed by atoms with Crippen molar-refractivity contribution in [3.8, 4) is 0 Å². The Morgan fingerprint density at radius 1 is 1.33 bits per heavy atom. The van der Waals surface area contributed by atoms with E-state index in [-0.39, 0.29) is 0 Å². The van der Waals surface area contributed by atoms with E-state index in [0.29, 0.717) is 11.4 Å². The van der Waals surface area contributed by atoms with Crippen LogP contribution in [0.2, 0.25) is 0 Å². The topological polar surface area (TPSA) is 12.0 Å². The second-order valence-corrected chi connectivity index (χ2v) is 5.43. The van der Waals surface area contributed by atoms with Gasteiger partial charge >= 0.3 is 0 Å². The average molecular weight is 221 g/mol. The van der Waals surface area contributed by atoms with Crippen molar-refractivity contribution in [2.24, 2.45) is 0 Å². The molecule has 82 valence electrons. The second-order valence-electron chi connectivity index (χ2n) is 4.29. The van der Waals surface area contributed by atoms with E-state index in [1.54, 1.807) is 0 Å². The van der Waals surface area contributed by atoms with Crippen LogP contribution in [-0.2, 0) is 0 Å². The fourth-order valence-corrected chi connectivity index (χ4v) is 3.75. The lowest BCUT2D eigenvalue weighted by molar-refractivity contribution is 0.559. The first-order valence-electron chi connectivity index (χ1n) is 5.66. The minimum atomic E-state index is 0.510. The van der Waals surface area contributed by atoms with Crippen molar-refractivity contribution in [1.29, 1.82) is 0 Å². The minimum Gasteiger partial charge on any atom is -0.298 e. The van der Waals surface area contributed by atoms with Crippen molar-refractivity contribution < 1.29 is 0 Å².